The highest BCUT2D eigenvalue weighted by Gasteiger charge is 2.34. The normalized spacial score (nSPS) is 17.0. The van der Waals surface area contributed by atoms with E-state index in [2.05, 4.69) is 36.4 Å². The van der Waals surface area contributed by atoms with Crippen molar-refractivity contribution in [2.45, 2.75) is 46.6 Å². The summed E-state index contributed by atoms with van der Waals surface area (Å²) in [4.78, 5) is 26.6. The number of amides is 2. The summed E-state index contributed by atoms with van der Waals surface area (Å²) in [5.41, 5.74) is 4.15. The molecule has 1 aliphatic rings. The van der Waals surface area contributed by atoms with E-state index in [4.69, 9.17) is 0 Å². The van der Waals surface area contributed by atoms with Crippen LogP contribution in [-0.2, 0) is 16.1 Å². The van der Waals surface area contributed by atoms with Crippen molar-refractivity contribution in [1.82, 2.24) is 15.1 Å². The molecule has 1 aromatic heterocycles. The van der Waals surface area contributed by atoms with Gasteiger partial charge in [-0.15, -0.1) is 0 Å². The summed E-state index contributed by atoms with van der Waals surface area (Å²) in [6.07, 6.45) is 0.262. The summed E-state index contributed by atoms with van der Waals surface area (Å²) >= 11 is 0. The van der Waals surface area contributed by atoms with Gasteiger partial charge in [-0.3, -0.25) is 14.3 Å². The monoisotopic (exact) mass is 368 g/mol. The highest BCUT2D eigenvalue weighted by atomic mass is 16.2. The van der Waals surface area contributed by atoms with Gasteiger partial charge >= 0.3 is 0 Å². The molecule has 1 atom stereocenters. The predicted molar refractivity (Wildman–Crippen MR) is 106 cm³/mol. The fraction of sp³-hybridized carbons (Fsp3) is 0.476. The third-order valence-electron chi connectivity index (χ3n) is 5.09. The molecule has 0 aliphatic carbocycles. The lowest BCUT2D eigenvalue weighted by Crippen LogP contribution is -2.35. The summed E-state index contributed by atoms with van der Waals surface area (Å²) in [7, 11) is 0. The van der Waals surface area contributed by atoms with Crippen LogP contribution in [0.15, 0.2) is 30.3 Å². The van der Waals surface area contributed by atoms with Gasteiger partial charge < -0.3 is 10.2 Å². The molecule has 1 N–H and O–H groups in total. The van der Waals surface area contributed by atoms with Crippen molar-refractivity contribution in [1.29, 1.82) is 0 Å². The average Bonchev–Trinajstić information content (AvgIpc) is 3.17. The number of carbonyl (C=O) groups is 2. The molecule has 2 amide bonds. The van der Waals surface area contributed by atoms with Gasteiger partial charge in [0.05, 0.1) is 18.2 Å². The Morgan fingerprint density at radius 3 is 2.56 bits per heavy atom. The van der Waals surface area contributed by atoms with Gasteiger partial charge in [0.2, 0.25) is 11.8 Å². The second-order valence-electron chi connectivity index (χ2n) is 7.59. The van der Waals surface area contributed by atoms with E-state index in [1.165, 1.54) is 5.56 Å². The van der Waals surface area contributed by atoms with E-state index >= 15 is 0 Å². The zero-order valence-corrected chi connectivity index (χ0v) is 16.5. The molecular weight excluding hydrogens is 340 g/mol. The lowest BCUT2D eigenvalue weighted by molar-refractivity contribution is -0.126. The molecule has 0 spiro atoms. The molecule has 1 aliphatic heterocycles. The largest absolute Gasteiger partial charge is 0.354 e. The summed E-state index contributed by atoms with van der Waals surface area (Å²) in [6.45, 7) is 9.81. The van der Waals surface area contributed by atoms with Crippen LogP contribution >= 0.6 is 0 Å². The van der Waals surface area contributed by atoms with E-state index in [1.54, 1.807) is 4.90 Å². The van der Waals surface area contributed by atoms with Crippen LogP contribution in [0.25, 0.3) is 0 Å². The molecule has 0 unspecified atom stereocenters. The third-order valence-corrected chi connectivity index (χ3v) is 5.09. The second kappa shape index (κ2) is 7.94. The van der Waals surface area contributed by atoms with Crippen molar-refractivity contribution in [3.8, 4) is 0 Å². The molecular formula is C21H28N4O2. The Morgan fingerprint density at radius 2 is 1.96 bits per heavy atom. The number of aryl methyl sites for hydroxylation is 2. The van der Waals surface area contributed by atoms with Crippen molar-refractivity contribution in [2.24, 2.45) is 5.92 Å². The van der Waals surface area contributed by atoms with Crippen molar-refractivity contribution in [2.75, 3.05) is 18.0 Å². The quantitative estimate of drug-likeness (QED) is 0.853. The number of nitrogens with one attached hydrogen (secondary N) is 1. The number of aromatic nitrogens is 2. The number of carbonyl (C=O) groups excluding carboxylic acids is 2. The van der Waals surface area contributed by atoms with Crippen LogP contribution in [0.2, 0.25) is 0 Å². The molecule has 6 nitrogen and oxygen atoms in total. The summed E-state index contributed by atoms with van der Waals surface area (Å²) < 4.78 is 1.89. The summed E-state index contributed by atoms with van der Waals surface area (Å²) in [6, 6.07) is 10.1. The van der Waals surface area contributed by atoms with Gasteiger partial charge in [-0.25, -0.2) is 0 Å². The molecule has 0 bridgehead atoms. The summed E-state index contributed by atoms with van der Waals surface area (Å²) in [5.74, 6) is 0.0916. The van der Waals surface area contributed by atoms with E-state index in [1.807, 2.05) is 36.7 Å². The van der Waals surface area contributed by atoms with Crippen LogP contribution in [0.3, 0.4) is 0 Å². The molecule has 1 aromatic carbocycles. The number of hydrogen-bond donors (Lipinski definition) is 1. The smallest absolute Gasteiger partial charge is 0.227 e. The Kier molecular flexibility index (Phi) is 5.63. The number of anilines is 1. The molecule has 2 heterocycles. The molecule has 1 fully saturated rings. The summed E-state index contributed by atoms with van der Waals surface area (Å²) in [5, 5.41) is 7.34. The standard InChI is InChI=1S/C21H28N4O2/c1-14(2)17-5-7-19(8-6-17)24-13-18(12-20(24)26)21(27)22-9-10-25-16(4)11-15(3)23-25/h5-8,11,14,18H,9-10,12-13H2,1-4H3,(H,22,27)/t18-/m0/s1. The lowest BCUT2D eigenvalue weighted by atomic mass is 10.0. The molecule has 27 heavy (non-hydrogen) atoms. The second-order valence-corrected chi connectivity index (χ2v) is 7.59. The molecule has 0 saturated carbocycles. The highest BCUT2D eigenvalue weighted by molar-refractivity contribution is 6.00. The first-order chi connectivity index (χ1) is 12.8. The molecule has 6 heteroatoms. The highest BCUT2D eigenvalue weighted by Crippen LogP contribution is 2.26. The maximum atomic E-state index is 12.5. The minimum absolute atomic E-state index is 0.00555. The van der Waals surface area contributed by atoms with Crippen molar-refractivity contribution >= 4 is 17.5 Å². The zero-order chi connectivity index (χ0) is 19.6. The van der Waals surface area contributed by atoms with Gasteiger partial charge in [0, 0.05) is 30.9 Å². The molecule has 144 valence electrons. The van der Waals surface area contributed by atoms with Crippen LogP contribution in [-0.4, -0.2) is 34.7 Å². The third kappa shape index (κ3) is 4.38. The van der Waals surface area contributed by atoms with Gasteiger partial charge in [-0.2, -0.15) is 5.10 Å². The van der Waals surface area contributed by atoms with E-state index in [9.17, 15) is 9.59 Å². The van der Waals surface area contributed by atoms with Gasteiger partial charge in [-0.05, 0) is 43.5 Å². The first-order valence-corrected chi connectivity index (χ1v) is 9.54. The minimum Gasteiger partial charge on any atom is -0.354 e. The van der Waals surface area contributed by atoms with Gasteiger partial charge in [0.25, 0.3) is 0 Å². The Morgan fingerprint density at radius 1 is 1.26 bits per heavy atom. The fourth-order valence-electron chi connectivity index (χ4n) is 3.50. The first-order valence-electron chi connectivity index (χ1n) is 9.54. The van der Waals surface area contributed by atoms with Gasteiger partial charge in [0.1, 0.15) is 0 Å². The molecule has 2 aromatic rings. The van der Waals surface area contributed by atoms with Crippen LogP contribution in [0.5, 0.6) is 0 Å². The van der Waals surface area contributed by atoms with Crippen LogP contribution in [0.1, 0.15) is 43.1 Å². The van der Waals surface area contributed by atoms with Gasteiger partial charge in [-0.1, -0.05) is 26.0 Å². The Bertz CT molecular complexity index is 823. The van der Waals surface area contributed by atoms with Crippen molar-refractivity contribution in [3.05, 3.63) is 47.3 Å². The fourth-order valence-corrected chi connectivity index (χ4v) is 3.50. The lowest BCUT2D eigenvalue weighted by Gasteiger charge is -2.18. The van der Waals surface area contributed by atoms with E-state index in [-0.39, 0.29) is 24.2 Å². The minimum atomic E-state index is -0.303. The number of benzene rings is 1. The van der Waals surface area contributed by atoms with Crippen molar-refractivity contribution in [3.63, 3.8) is 0 Å². The van der Waals surface area contributed by atoms with Gasteiger partial charge in [0.15, 0.2) is 0 Å². The number of hydrogen-bond acceptors (Lipinski definition) is 3. The average molecular weight is 368 g/mol. The SMILES string of the molecule is Cc1cc(C)n(CCNC(=O)[C@H]2CC(=O)N(c3ccc(C(C)C)cc3)C2)n1. The molecule has 3 rings (SSSR count). The Labute approximate surface area is 160 Å². The predicted octanol–water partition coefficient (Wildman–Crippen LogP) is 2.79. The number of nitrogens with zero attached hydrogens (tertiary/aromatic N) is 3. The Balaban J connectivity index is 1.54. The van der Waals surface area contributed by atoms with E-state index < -0.39 is 0 Å². The van der Waals surface area contributed by atoms with Crippen LogP contribution in [0.4, 0.5) is 5.69 Å². The van der Waals surface area contributed by atoms with Crippen LogP contribution < -0.4 is 10.2 Å². The maximum Gasteiger partial charge on any atom is 0.227 e. The van der Waals surface area contributed by atoms with Crippen molar-refractivity contribution < 1.29 is 9.59 Å². The Hall–Kier alpha value is -2.63. The van der Waals surface area contributed by atoms with E-state index in [0.29, 0.717) is 25.6 Å². The zero-order valence-electron chi connectivity index (χ0n) is 16.5. The number of rotatable bonds is 6. The first kappa shape index (κ1) is 19.1. The topological polar surface area (TPSA) is 67.2 Å². The van der Waals surface area contributed by atoms with Crippen LogP contribution in [0, 0.1) is 19.8 Å². The molecule has 1 saturated heterocycles. The van der Waals surface area contributed by atoms with E-state index in [0.717, 1.165) is 17.1 Å². The maximum absolute atomic E-state index is 12.5. The molecule has 0 radical (unpaired) electrons.